The predicted octanol–water partition coefficient (Wildman–Crippen LogP) is 4.58. The van der Waals surface area contributed by atoms with E-state index in [2.05, 4.69) is 58.9 Å². The molecule has 6 nitrogen and oxygen atoms in total. The standard InChI is InChI=1S/C22H42O6Si3/c1-29(2,3)26-19-18(15-23)25-22(28-31(7,8)9)21(27-30(4,5)6)20(19)24-16-17-13-11-10-12-14-17/h10-14,18-23H,15-16H2,1-9H3/t18-,19+,20+,21-,22-/m1/s1. The first-order valence-corrected chi connectivity index (χ1v) is 21.4. The Morgan fingerprint density at radius 2 is 1.26 bits per heavy atom. The molecule has 0 aromatic heterocycles. The van der Waals surface area contributed by atoms with E-state index in [1.54, 1.807) is 0 Å². The molecule has 0 aliphatic carbocycles. The Hall–Kier alpha value is -0.369. The van der Waals surface area contributed by atoms with E-state index in [4.69, 9.17) is 22.8 Å². The van der Waals surface area contributed by atoms with Crippen LogP contribution < -0.4 is 0 Å². The first-order chi connectivity index (χ1) is 14.2. The third-order valence-electron chi connectivity index (χ3n) is 4.51. The van der Waals surface area contributed by atoms with Gasteiger partial charge in [-0.2, -0.15) is 0 Å². The molecule has 0 bridgehead atoms. The van der Waals surface area contributed by atoms with Crippen LogP contribution >= 0.6 is 0 Å². The second-order valence-corrected chi connectivity index (χ2v) is 24.5. The van der Waals surface area contributed by atoms with Gasteiger partial charge in [0.05, 0.1) is 13.2 Å². The summed E-state index contributed by atoms with van der Waals surface area (Å²) in [5, 5.41) is 10.2. The third kappa shape index (κ3) is 9.18. The van der Waals surface area contributed by atoms with Gasteiger partial charge in [0.2, 0.25) is 0 Å². The van der Waals surface area contributed by atoms with E-state index in [0.29, 0.717) is 6.61 Å². The maximum atomic E-state index is 10.2. The molecule has 1 aliphatic heterocycles. The van der Waals surface area contributed by atoms with Crippen molar-refractivity contribution in [1.29, 1.82) is 0 Å². The Morgan fingerprint density at radius 1 is 0.742 bits per heavy atom. The summed E-state index contributed by atoms with van der Waals surface area (Å²) in [5.41, 5.74) is 1.08. The molecular formula is C22H42O6Si3. The van der Waals surface area contributed by atoms with E-state index in [9.17, 15) is 5.11 Å². The minimum absolute atomic E-state index is 0.161. The number of hydrogen-bond acceptors (Lipinski definition) is 6. The van der Waals surface area contributed by atoms with Crippen LogP contribution in [0.3, 0.4) is 0 Å². The summed E-state index contributed by atoms with van der Waals surface area (Å²) in [4.78, 5) is 0. The molecule has 178 valence electrons. The smallest absolute Gasteiger partial charge is 0.187 e. The van der Waals surface area contributed by atoms with Gasteiger partial charge in [0, 0.05) is 0 Å². The Morgan fingerprint density at radius 3 is 1.74 bits per heavy atom. The van der Waals surface area contributed by atoms with Gasteiger partial charge in [0.15, 0.2) is 31.2 Å². The maximum absolute atomic E-state index is 10.2. The van der Waals surface area contributed by atoms with Crippen LogP contribution in [-0.2, 0) is 29.4 Å². The minimum Gasteiger partial charge on any atom is -0.409 e. The molecule has 0 radical (unpaired) electrons. The first kappa shape index (κ1) is 26.9. The van der Waals surface area contributed by atoms with E-state index in [-0.39, 0.29) is 6.61 Å². The summed E-state index contributed by atoms with van der Waals surface area (Å²) in [7, 11) is -5.87. The molecule has 1 heterocycles. The average Bonchev–Trinajstić information content (AvgIpc) is 2.60. The lowest BCUT2D eigenvalue weighted by atomic mass is 9.99. The molecule has 1 aliphatic rings. The Bertz CT molecular complexity index is 669. The average molecular weight is 487 g/mol. The normalized spacial score (nSPS) is 28.0. The molecule has 1 fully saturated rings. The molecule has 2 rings (SSSR count). The number of aliphatic hydroxyl groups is 1. The molecule has 1 aromatic carbocycles. The zero-order chi connectivity index (χ0) is 23.4. The lowest BCUT2D eigenvalue weighted by Gasteiger charge is -2.49. The molecule has 9 heteroatoms. The van der Waals surface area contributed by atoms with Gasteiger partial charge in [-0.25, -0.2) is 0 Å². The van der Waals surface area contributed by atoms with Crippen molar-refractivity contribution in [3.05, 3.63) is 35.9 Å². The molecule has 31 heavy (non-hydrogen) atoms. The van der Waals surface area contributed by atoms with Crippen LogP contribution in [0.1, 0.15) is 5.56 Å². The lowest BCUT2D eigenvalue weighted by molar-refractivity contribution is -0.282. The highest BCUT2D eigenvalue weighted by Crippen LogP contribution is 2.34. The fourth-order valence-electron chi connectivity index (χ4n) is 3.51. The molecule has 1 saturated heterocycles. The summed E-state index contributed by atoms with van der Waals surface area (Å²) in [6.07, 6.45) is -2.39. The van der Waals surface area contributed by atoms with E-state index < -0.39 is 55.7 Å². The molecule has 0 spiro atoms. The summed E-state index contributed by atoms with van der Waals surface area (Å²) >= 11 is 0. The molecule has 0 saturated carbocycles. The summed E-state index contributed by atoms with van der Waals surface area (Å²) in [5.74, 6) is 0. The van der Waals surface area contributed by atoms with Crippen LogP contribution in [0.15, 0.2) is 30.3 Å². The van der Waals surface area contributed by atoms with Gasteiger partial charge in [-0.05, 0) is 64.5 Å². The molecule has 0 unspecified atom stereocenters. The van der Waals surface area contributed by atoms with Gasteiger partial charge < -0.3 is 27.9 Å². The summed E-state index contributed by atoms with van der Waals surface area (Å²) < 4.78 is 32.3. The molecular weight excluding hydrogens is 444 g/mol. The van der Waals surface area contributed by atoms with Crippen LogP contribution in [0, 0.1) is 0 Å². The van der Waals surface area contributed by atoms with Crippen molar-refractivity contribution in [2.24, 2.45) is 0 Å². The monoisotopic (exact) mass is 486 g/mol. The molecule has 1 aromatic rings. The Labute approximate surface area is 191 Å². The molecule has 5 atom stereocenters. The van der Waals surface area contributed by atoms with E-state index >= 15 is 0 Å². The fraction of sp³-hybridized carbons (Fsp3) is 0.727. The SMILES string of the molecule is C[Si](C)(C)O[C@H]1O[C@H](CO)[C@H](O[Si](C)(C)C)[C@H](OCc2ccccc2)[C@H]1O[Si](C)(C)C. The second kappa shape index (κ2) is 10.7. The second-order valence-electron chi connectivity index (χ2n) is 11.1. The van der Waals surface area contributed by atoms with Crippen molar-refractivity contribution in [3.8, 4) is 0 Å². The Kier molecular flexibility index (Phi) is 9.28. The largest absolute Gasteiger partial charge is 0.409 e. The van der Waals surface area contributed by atoms with Gasteiger partial charge in [-0.15, -0.1) is 0 Å². The fourth-order valence-corrected chi connectivity index (χ4v) is 6.56. The van der Waals surface area contributed by atoms with Crippen molar-refractivity contribution in [2.75, 3.05) is 6.61 Å². The first-order valence-electron chi connectivity index (χ1n) is 11.1. The summed E-state index contributed by atoms with van der Waals surface area (Å²) in [6.45, 7) is 19.5. The number of hydrogen-bond donors (Lipinski definition) is 1. The lowest BCUT2D eigenvalue weighted by Crippen LogP contribution is -2.65. The van der Waals surface area contributed by atoms with Crippen molar-refractivity contribution < 1.29 is 27.9 Å². The highest BCUT2D eigenvalue weighted by molar-refractivity contribution is 6.70. The number of rotatable bonds is 10. The highest BCUT2D eigenvalue weighted by atomic mass is 28.4. The van der Waals surface area contributed by atoms with Crippen LogP contribution in [0.2, 0.25) is 58.9 Å². The van der Waals surface area contributed by atoms with Crippen molar-refractivity contribution >= 4 is 25.0 Å². The van der Waals surface area contributed by atoms with Gasteiger partial charge in [-0.1, -0.05) is 30.3 Å². The maximum Gasteiger partial charge on any atom is 0.187 e. The van der Waals surface area contributed by atoms with E-state index in [1.165, 1.54) is 0 Å². The zero-order valence-electron chi connectivity index (χ0n) is 20.7. The Balaban J connectivity index is 2.42. The van der Waals surface area contributed by atoms with Crippen molar-refractivity contribution in [3.63, 3.8) is 0 Å². The number of benzene rings is 1. The molecule has 0 amide bonds. The zero-order valence-corrected chi connectivity index (χ0v) is 23.7. The third-order valence-corrected chi connectivity index (χ3v) is 7.40. The summed E-state index contributed by atoms with van der Waals surface area (Å²) in [6, 6.07) is 10.1. The van der Waals surface area contributed by atoms with Gasteiger partial charge >= 0.3 is 0 Å². The number of ether oxygens (including phenoxy) is 2. The van der Waals surface area contributed by atoms with E-state index in [0.717, 1.165) is 5.56 Å². The topological polar surface area (TPSA) is 66.4 Å². The number of aliphatic hydroxyl groups excluding tert-OH is 1. The van der Waals surface area contributed by atoms with Crippen LogP contribution in [0.5, 0.6) is 0 Å². The van der Waals surface area contributed by atoms with Crippen LogP contribution in [0.4, 0.5) is 0 Å². The van der Waals surface area contributed by atoms with Gasteiger partial charge in [-0.3, -0.25) is 0 Å². The highest BCUT2D eigenvalue weighted by Gasteiger charge is 2.51. The van der Waals surface area contributed by atoms with Gasteiger partial charge in [0.1, 0.15) is 24.4 Å². The molecule has 1 N–H and O–H groups in total. The van der Waals surface area contributed by atoms with Crippen LogP contribution in [-0.4, -0.2) is 67.4 Å². The predicted molar refractivity (Wildman–Crippen MR) is 132 cm³/mol. The van der Waals surface area contributed by atoms with Crippen LogP contribution in [0.25, 0.3) is 0 Å². The quantitative estimate of drug-likeness (QED) is 0.488. The van der Waals surface area contributed by atoms with E-state index in [1.807, 2.05) is 30.3 Å². The van der Waals surface area contributed by atoms with Crippen molar-refractivity contribution in [1.82, 2.24) is 0 Å². The van der Waals surface area contributed by atoms with Crippen molar-refractivity contribution in [2.45, 2.75) is 96.2 Å². The minimum atomic E-state index is -1.96. The van der Waals surface area contributed by atoms with Gasteiger partial charge in [0.25, 0.3) is 0 Å².